The van der Waals surface area contributed by atoms with Gasteiger partial charge in [-0.15, -0.1) is 0 Å². The zero-order valence-corrected chi connectivity index (χ0v) is 15.7. The van der Waals surface area contributed by atoms with Crippen LogP contribution in [0.1, 0.15) is 25.3 Å². The molecule has 0 aromatic heterocycles. The van der Waals surface area contributed by atoms with Crippen LogP contribution in [0.2, 0.25) is 0 Å². The molecule has 1 N–H and O–H groups in total. The van der Waals surface area contributed by atoms with Crippen molar-refractivity contribution in [2.45, 2.75) is 32.4 Å². The summed E-state index contributed by atoms with van der Waals surface area (Å²) in [6.45, 7) is 7.83. The van der Waals surface area contributed by atoms with E-state index in [4.69, 9.17) is 0 Å². The largest absolute Gasteiger partial charge is 0.355 e. The summed E-state index contributed by atoms with van der Waals surface area (Å²) in [6, 6.07) is 10.4. The number of carbonyl (C=O) groups excluding carboxylic acids is 2. The smallest absolute Gasteiger partial charge is 0.240 e. The first-order valence-electron chi connectivity index (χ1n) is 9.73. The minimum atomic E-state index is 0.00476. The molecule has 0 bridgehead atoms. The fourth-order valence-corrected chi connectivity index (χ4v) is 3.91. The van der Waals surface area contributed by atoms with Gasteiger partial charge in [0.1, 0.15) is 0 Å². The highest BCUT2D eigenvalue weighted by molar-refractivity contribution is 5.82. The van der Waals surface area contributed by atoms with Crippen LogP contribution < -0.4 is 5.32 Å². The average Bonchev–Trinajstić information content (AvgIpc) is 3.11. The van der Waals surface area contributed by atoms with Crippen molar-refractivity contribution < 1.29 is 9.59 Å². The Morgan fingerprint density at radius 2 is 1.81 bits per heavy atom. The molecule has 6 nitrogen and oxygen atoms in total. The lowest BCUT2D eigenvalue weighted by molar-refractivity contribution is -0.138. The maximum Gasteiger partial charge on any atom is 0.240 e. The van der Waals surface area contributed by atoms with Crippen molar-refractivity contribution in [2.24, 2.45) is 0 Å². The fraction of sp³-hybridized carbons (Fsp3) is 0.600. The summed E-state index contributed by atoms with van der Waals surface area (Å²) >= 11 is 0. The Hall–Kier alpha value is -1.92. The Kier molecular flexibility index (Phi) is 6.63. The van der Waals surface area contributed by atoms with Crippen LogP contribution in [0.4, 0.5) is 0 Å². The molecular formula is C20H30N4O2. The maximum atomic E-state index is 13.0. The second kappa shape index (κ2) is 9.14. The Morgan fingerprint density at radius 3 is 2.50 bits per heavy atom. The topological polar surface area (TPSA) is 55.9 Å². The number of likely N-dealkylation sites (tertiary alicyclic amines) is 1. The van der Waals surface area contributed by atoms with Crippen LogP contribution >= 0.6 is 0 Å². The van der Waals surface area contributed by atoms with E-state index in [-0.39, 0.29) is 17.9 Å². The van der Waals surface area contributed by atoms with Crippen molar-refractivity contribution in [3.05, 3.63) is 35.9 Å². The molecule has 1 aromatic carbocycles. The van der Waals surface area contributed by atoms with Gasteiger partial charge in [0, 0.05) is 39.3 Å². The molecule has 142 valence electrons. The predicted molar refractivity (Wildman–Crippen MR) is 102 cm³/mol. The number of nitrogens with one attached hydrogen (secondary N) is 1. The lowest BCUT2D eigenvalue weighted by atomic mass is 10.1. The summed E-state index contributed by atoms with van der Waals surface area (Å²) in [6.07, 6.45) is 2.03. The van der Waals surface area contributed by atoms with E-state index < -0.39 is 0 Å². The summed E-state index contributed by atoms with van der Waals surface area (Å²) in [5.41, 5.74) is 1.26. The first-order valence-corrected chi connectivity index (χ1v) is 9.73. The van der Waals surface area contributed by atoms with Crippen LogP contribution in [0, 0.1) is 0 Å². The molecule has 2 aliphatic rings. The lowest BCUT2D eigenvalue weighted by Gasteiger charge is -2.37. The van der Waals surface area contributed by atoms with E-state index in [0.29, 0.717) is 26.2 Å². The molecule has 6 heteroatoms. The normalized spacial score (nSPS) is 21.7. The van der Waals surface area contributed by atoms with E-state index in [1.807, 2.05) is 17.9 Å². The highest BCUT2D eigenvalue weighted by Gasteiger charge is 2.34. The van der Waals surface area contributed by atoms with E-state index in [0.717, 1.165) is 39.0 Å². The summed E-state index contributed by atoms with van der Waals surface area (Å²) < 4.78 is 0. The quantitative estimate of drug-likeness (QED) is 0.822. The minimum Gasteiger partial charge on any atom is -0.355 e. The number of benzene rings is 1. The highest BCUT2D eigenvalue weighted by Crippen LogP contribution is 2.22. The van der Waals surface area contributed by atoms with Crippen molar-refractivity contribution in [1.82, 2.24) is 20.0 Å². The van der Waals surface area contributed by atoms with Gasteiger partial charge in [-0.2, -0.15) is 0 Å². The third kappa shape index (κ3) is 4.83. The molecule has 1 unspecified atom stereocenters. The monoisotopic (exact) mass is 358 g/mol. The molecule has 2 fully saturated rings. The van der Waals surface area contributed by atoms with Crippen LogP contribution in [0.3, 0.4) is 0 Å². The standard InChI is InChI=1S/C20H30N4O2/c1-2-21-19(25)16-22-11-13-23(14-12-22)20(26)18-9-6-10-24(18)15-17-7-4-3-5-8-17/h3-5,7-8,18H,2,6,9-16H2,1H3,(H,21,25). The zero-order chi connectivity index (χ0) is 18.4. The second-order valence-electron chi connectivity index (χ2n) is 7.17. The molecule has 0 aliphatic carbocycles. The van der Waals surface area contributed by atoms with Crippen molar-refractivity contribution in [1.29, 1.82) is 0 Å². The molecule has 1 aromatic rings. The van der Waals surface area contributed by atoms with Crippen LogP contribution in [-0.4, -0.2) is 78.4 Å². The zero-order valence-electron chi connectivity index (χ0n) is 15.7. The number of nitrogens with zero attached hydrogens (tertiary/aromatic N) is 3. The van der Waals surface area contributed by atoms with Crippen LogP contribution in [0.5, 0.6) is 0 Å². The van der Waals surface area contributed by atoms with Gasteiger partial charge in [-0.25, -0.2) is 0 Å². The predicted octanol–water partition coefficient (Wildman–Crippen LogP) is 0.931. The van der Waals surface area contributed by atoms with Gasteiger partial charge in [-0.1, -0.05) is 30.3 Å². The number of rotatable bonds is 6. The van der Waals surface area contributed by atoms with Crippen molar-refractivity contribution >= 4 is 11.8 Å². The number of hydrogen-bond donors (Lipinski definition) is 1. The van der Waals surface area contributed by atoms with E-state index >= 15 is 0 Å². The third-order valence-electron chi connectivity index (χ3n) is 5.30. The first kappa shape index (κ1) is 18.9. The first-order chi connectivity index (χ1) is 12.7. The van der Waals surface area contributed by atoms with Gasteiger partial charge in [0.05, 0.1) is 12.6 Å². The minimum absolute atomic E-state index is 0.00476. The summed E-state index contributed by atoms with van der Waals surface area (Å²) in [5.74, 6) is 0.327. The fourth-order valence-electron chi connectivity index (χ4n) is 3.91. The van der Waals surface area contributed by atoms with Gasteiger partial charge in [0.2, 0.25) is 11.8 Å². The van der Waals surface area contributed by atoms with E-state index in [9.17, 15) is 9.59 Å². The van der Waals surface area contributed by atoms with E-state index in [1.165, 1.54) is 5.56 Å². The Labute approximate surface area is 156 Å². The molecular weight excluding hydrogens is 328 g/mol. The van der Waals surface area contributed by atoms with E-state index in [2.05, 4.69) is 39.4 Å². The van der Waals surface area contributed by atoms with Crippen LogP contribution in [0.15, 0.2) is 30.3 Å². The van der Waals surface area contributed by atoms with Crippen molar-refractivity contribution in [3.63, 3.8) is 0 Å². The molecule has 1 atom stereocenters. The summed E-state index contributed by atoms with van der Waals surface area (Å²) in [5, 5.41) is 2.83. The Bertz CT molecular complexity index is 599. The third-order valence-corrected chi connectivity index (χ3v) is 5.30. The highest BCUT2D eigenvalue weighted by atomic mass is 16.2. The average molecular weight is 358 g/mol. The Balaban J connectivity index is 1.50. The molecule has 2 saturated heterocycles. The number of hydrogen-bond acceptors (Lipinski definition) is 4. The van der Waals surface area contributed by atoms with Gasteiger partial charge in [0.15, 0.2) is 0 Å². The maximum absolute atomic E-state index is 13.0. The molecule has 0 spiro atoms. The SMILES string of the molecule is CCNC(=O)CN1CCN(C(=O)C2CCCN2Cc2ccccc2)CC1. The van der Waals surface area contributed by atoms with Crippen molar-refractivity contribution in [3.8, 4) is 0 Å². The summed E-state index contributed by atoms with van der Waals surface area (Å²) in [7, 11) is 0. The molecule has 2 amide bonds. The molecule has 0 radical (unpaired) electrons. The number of likely N-dealkylation sites (N-methyl/N-ethyl adjacent to an activating group) is 1. The van der Waals surface area contributed by atoms with Crippen LogP contribution in [0.25, 0.3) is 0 Å². The Morgan fingerprint density at radius 1 is 1.08 bits per heavy atom. The van der Waals surface area contributed by atoms with E-state index in [1.54, 1.807) is 0 Å². The lowest BCUT2D eigenvalue weighted by Crippen LogP contribution is -2.54. The van der Waals surface area contributed by atoms with Gasteiger partial charge < -0.3 is 10.2 Å². The molecule has 2 aliphatic heterocycles. The molecule has 3 rings (SSSR count). The number of carbonyl (C=O) groups is 2. The van der Waals surface area contributed by atoms with Gasteiger partial charge >= 0.3 is 0 Å². The van der Waals surface area contributed by atoms with Gasteiger partial charge in [0.25, 0.3) is 0 Å². The number of piperazine rings is 1. The van der Waals surface area contributed by atoms with Gasteiger partial charge in [-0.05, 0) is 31.9 Å². The second-order valence-corrected chi connectivity index (χ2v) is 7.17. The van der Waals surface area contributed by atoms with Crippen molar-refractivity contribution in [2.75, 3.05) is 45.8 Å². The molecule has 2 heterocycles. The molecule has 26 heavy (non-hydrogen) atoms. The summed E-state index contributed by atoms with van der Waals surface area (Å²) in [4.78, 5) is 31.2. The van der Waals surface area contributed by atoms with Gasteiger partial charge in [-0.3, -0.25) is 19.4 Å². The molecule has 0 saturated carbocycles. The number of amides is 2. The van der Waals surface area contributed by atoms with Crippen LogP contribution in [-0.2, 0) is 16.1 Å².